The summed E-state index contributed by atoms with van der Waals surface area (Å²) in [5, 5.41) is 11.6. The highest BCUT2D eigenvalue weighted by atomic mass is 16.6. The molecule has 1 fully saturated rings. The lowest BCUT2D eigenvalue weighted by Crippen LogP contribution is -2.40. The lowest BCUT2D eigenvalue weighted by molar-refractivity contribution is -0.147. The molecule has 3 rings (SSSR count). The summed E-state index contributed by atoms with van der Waals surface area (Å²) in [4.78, 5) is 26.3. The molecule has 0 bridgehead atoms. The van der Waals surface area contributed by atoms with Gasteiger partial charge in [0.15, 0.2) is 0 Å². The standard InChI is InChI=1S/C23H26N2O5/c1-2-14-25(23(27)30-22(26)21-13-10-18(21)15-24-28)16-17-8-11-20(12-9-17)29-19-6-4-3-5-7-19/h3-9,11-12,15,18,21,28H,2,10,13-14,16H2,1H3. The summed E-state index contributed by atoms with van der Waals surface area (Å²) in [6.45, 7) is 2.76. The van der Waals surface area contributed by atoms with Gasteiger partial charge in [-0.3, -0.25) is 4.79 Å². The first kappa shape index (κ1) is 21.4. The number of hydrogen-bond donors (Lipinski definition) is 1. The Labute approximate surface area is 175 Å². The number of para-hydroxylation sites is 1. The van der Waals surface area contributed by atoms with Gasteiger partial charge < -0.3 is 19.6 Å². The molecular weight excluding hydrogens is 384 g/mol. The molecule has 0 aliphatic heterocycles. The third-order valence-electron chi connectivity index (χ3n) is 5.10. The molecule has 1 N–H and O–H groups in total. The van der Waals surface area contributed by atoms with Crippen LogP contribution in [0.5, 0.6) is 11.5 Å². The molecule has 1 amide bonds. The van der Waals surface area contributed by atoms with E-state index in [9.17, 15) is 9.59 Å². The Morgan fingerprint density at radius 1 is 1.10 bits per heavy atom. The van der Waals surface area contributed by atoms with Crippen molar-refractivity contribution in [3.63, 3.8) is 0 Å². The van der Waals surface area contributed by atoms with Crippen LogP contribution in [0.2, 0.25) is 0 Å². The molecule has 0 heterocycles. The molecule has 2 unspecified atom stereocenters. The summed E-state index contributed by atoms with van der Waals surface area (Å²) < 4.78 is 10.9. The zero-order valence-corrected chi connectivity index (χ0v) is 16.9. The van der Waals surface area contributed by atoms with Crippen LogP contribution in [-0.4, -0.2) is 34.9 Å². The predicted octanol–water partition coefficient (Wildman–Crippen LogP) is 4.84. The lowest BCUT2D eigenvalue weighted by Gasteiger charge is -2.31. The molecule has 7 heteroatoms. The second kappa shape index (κ2) is 10.4. The molecule has 1 saturated carbocycles. The minimum atomic E-state index is -0.655. The van der Waals surface area contributed by atoms with Gasteiger partial charge in [-0.1, -0.05) is 37.3 Å². The zero-order valence-electron chi connectivity index (χ0n) is 16.9. The fourth-order valence-corrected chi connectivity index (χ4v) is 3.32. The topological polar surface area (TPSA) is 88.4 Å². The third-order valence-corrected chi connectivity index (χ3v) is 5.10. The summed E-state index contributed by atoms with van der Waals surface area (Å²) in [6, 6.07) is 16.9. The van der Waals surface area contributed by atoms with Gasteiger partial charge in [-0.2, -0.15) is 0 Å². The van der Waals surface area contributed by atoms with Crippen molar-refractivity contribution in [3.05, 3.63) is 60.2 Å². The van der Waals surface area contributed by atoms with Crippen molar-refractivity contribution in [2.45, 2.75) is 32.7 Å². The quantitative estimate of drug-likeness (QED) is 0.221. The molecule has 0 aromatic heterocycles. The van der Waals surface area contributed by atoms with E-state index >= 15 is 0 Å². The second-order valence-electron chi connectivity index (χ2n) is 7.28. The van der Waals surface area contributed by atoms with Crippen LogP contribution in [0.1, 0.15) is 31.7 Å². The molecule has 2 atom stereocenters. The van der Waals surface area contributed by atoms with Crippen molar-refractivity contribution in [2.75, 3.05) is 6.54 Å². The molecule has 1 aliphatic rings. The van der Waals surface area contributed by atoms with Crippen molar-refractivity contribution in [2.24, 2.45) is 17.0 Å². The number of amides is 1. The van der Waals surface area contributed by atoms with Crippen LogP contribution in [0.15, 0.2) is 59.8 Å². The predicted molar refractivity (Wildman–Crippen MR) is 112 cm³/mol. The molecular formula is C23H26N2O5. The first-order valence-electron chi connectivity index (χ1n) is 10.1. The largest absolute Gasteiger partial charge is 0.457 e. The van der Waals surface area contributed by atoms with Crippen molar-refractivity contribution in [1.82, 2.24) is 4.90 Å². The molecule has 0 saturated heterocycles. The first-order valence-corrected chi connectivity index (χ1v) is 10.1. The van der Waals surface area contributed by atoms with Gasteiger partial charge in [0, 0.05) is 25.2 Å². The van der Waals surface area contributed by atoms with E-state index in [1.54, 1.807) is 0 Å². The van der Waals surface area contributed by atoms with Crippen molar-refractivity contribution in [1.29, 1.82) is 0 Å². The molecule has 30 heavy (non-hydrogen) atoms. The SMILES string of the molecule is CCCN(Cc1ccc(Oc2ccccc2)cc1)C(=O)OC(=O)C1CCC1C=NO. The van der Waals surface area contributed by atoms with Crippen molar-refractivity contribution < 1.29 is 24.3 Å². The number of ether oxygens (including phenoxy) is 2. The van der Waals surface area contributed by atoms with E-state index in [-0.39, 0.29) is 5.92 Å². The summed E-state index contributed by atoms with van der Waals surface area (Å²) in [5.74, 6) is 0.283. The number of rotatable bonds is 8. The van der Waals surface area contributed by atoms with Crippen LogP contribution in [0.3, 0.4) is 0 Å². The highest BCUT2D eigenvalue weighted by molar-refractivity contribution is 5.88. The Bertz CT molecular complexity index is 867. The van der Waals surface area contributed by atoms with E-state index in [1.165, 1.54) is 11.1 Å². The van der Waals surface area contributed by atoms with Crippen LogP contribution in [0.4, 0.5) is 4.79 Å². The molecule has 158 valence electrons. The maximum absolute atomic E-state index is 12.5. The monoisotopic (exact) mass is 410 g/mol. The van der Waals surface area contributed by atoms with Crippen LogP contribution in [-0.2, 0) is 16.1 Å². The number of benzene rings is 2. The highest BCUT2D eigenvalue weighted by Crippen LogP contribution is 2.34. The Morgan fingerprint density at radius 3 is 2.40 bits per heavy atom. The highest BCUT2D eigenvalue weighted by Gasteiger charge is 2.38. The van der Waals surface area contributed by atoms with Gasteiger partial charge in [0.25, 0.3) is 0 Å². The molecule has 0 radical (unpaired) electrons. The number of oxime groups is 1. The maximum atomic E-state index is 12.5. The van der Waals surface area contributed by atoms with Crippen molar-refractivity contribution in [3.8, 4) is 11.5 Å². The smallest absolute Gasteiger partial charge is 0.417 e. The summed E-state index contributed by atoms with van der Waals surface area (Å²) in [7, 11) is 0. The molecule has 1 aliphatic carbocycles. The number of nitrogens with zero attached hydrogens (tertiary/aromatic N) is 2. The van der Waals surface area contributed by atoms with Gasteiger partial charge >= 0.3 is 12.1 Å². The van der Waals surface area contributed by atoms with Gasteiger partial charge in [0.2, 0.25) is 0 Å². The average Bonchev–Trinajstić information content (AvgIpc) is 2.73. The van der Waals surface area contributed by atoms with Gasteiger partial charge in [-0.05, 0) is 49.1 Å². The van der Waals surface area contributed by atoms with Gasteiger partial charge in [-0.15, -0.1) is 5.16 Å². The molecule has 0 spiro atoms. The minimum absolute atomic E-state index is 0.174. The van der Waals surface area contributed by atoms with E-state index in [4.69, 9.17) is 14.7 Å². The van der Waals surface area contributed by atoms with E-state index in [0.29, 0.717) is 25.3 Å². The number of esters is 1. The maximum Gasteiger partial charge on any atom is 0.417 e. The van der Waals surface area contributed by atoms with Crippen LogP contribution >= 0.6 is 0 Å². The Morgan fingerprint density at radius 2 is 1.80 bits per heavy atom. The second-order valence-corrected chi connectivity index (χ2v) is 7.28. The van der Waals surface area contributed by atoms with Crippen LogP contribution in [0, 0.1) is 11.8 Å². The Hall–Kier alpha value is -3.35. The third kappa shape index (κ3) is 5.59. The van der Waals surface area contributed by atoms with Crippen LogP contribution in [0.25, 0.3) is 0 Å². The number of carbonyl (C=O) groups excluding carboxylic acids is 2. The summed E-state index contributed by atoms with van der Waals surface area (Å²) in [6.07, 6.45) is 2.77. The van der Waals surface area contributed by atoms with Crippen molar-refractivity contribution >= 4 is 18.3 Å². The van der Waals surface area contributed by atoms with Crippen LogP contribution < -0.4 is 4.74 Å². The van der Waals surface area contributed by atoms with Gasteiger partial charge in [0.1, 0.15) is 11.5 Å². The number of carbonyl (C=O) groups is 2. The molecule has 2 aromatic rings. The fraction of sp³-hybridized carbons (Fsp3) is 0.348. The minimum Gasteiger partial charge on any atom is -0.457 e. The molecule has 2 aromatic carbocycles. The normalized spacial score (nSPS) is 17.9. The first-order chi connectivity index (χ1) is 14.6. The molecule has 7 nitrogen and oxygen atoms in total. The summed E-state index contributed by atoms with van der Waals surface area (Å²) in [5.41, 5.74) is 0.905. The average molecular weight is 410 g/mol. The summed E-state index contributed by atoms with van der Waals surface area (Å²) >= 11 is 0. The van der Waals surface area contributed by atoms with Gasteiger partial charge in [0.05, 0.1) is 5.92 Å². The Balaban J connectivity index is 1.57. The number of hydrogen-bond acceptors (Lipinski definition) is 6. The zero-order chi connectivity index (χ0) is 21.3. The lowest BCUT2D eigenvalue weighted by atomic mass is 9.74. The van der Waals surface area contributed by atoms with Gasteiger partial charge in [-0.25, -0.2) is 4.79 Å². The fourth-order valence-electron chi connectivity index (χ4n) is 3.32. The van der Waals surface area contributed by atoms with E-state index in [0.717, 1.165) is 24.2 Å². The Kier molecular flexibility index (Phi) is 7.43. The van der Waals surface area contributed by atoms with E-state index < -0.39 is 18.0 Å². The van der Waals surface area contributed by atoms with E-state index in [1.807, 2.05) is 61.5 Å². The van der Waals surface area contributed by atoms with E-state index in [2.05, 4.69) is 5.16 Å².